The summed E-state index contributed by atoms with van der Waals surface area (Å²) in [5.74, 6) is 0.890. The summed E-state index contributed by atoms with van der Waals surface area (Å²) in [7, 11) is 0. The van der Waals surface area contributed by atoms with E-state index < -0.39 is 5.54 Å². The number of rotatable bonds is 2. The molecule has 0 saturated carbocycles. The molecule has 2 aliphatic rings. The van der Waals surface area contributed by atoms with Crippen LogP contribution >= 0.6 is 11.6 Å². The predicted molar refractivity (Wildman–Crippen MR) is 78.0 cm³/mol. The molecule has 7 heteroatoms. The van der Waals surface area contributed by atoms with Gasteiger partial charge in [0, 0.05) is 25.3 Å². The maximum Gasteiger partial charge on any atom is 0.244 e. The lowest BCUT2D eigenvalue weighted by atomic mass is 9.90. The number of carbonyl (C=O) groups excluding carboxylic acids is 1. The van der Waals surface area contributed by atoms with E-state index in [2.05, 4.69) is 5.32 Å². The molecule has 21 heavy (non-hydrogen) atoms. The average molecular weight is 313 g/mol. The first-order valence-corrected chi connectivity index (χ1v) is 7.23. The van der Waals surface area contributed by atoms with Gasteiger partial charge < -0.3 is 25.3 Å². The summed E-state index contributed by atoms with van der Waals surface area (Å²) in [6.45, 7) is 1.93. The van der Waals surface area contributed by atoms with E-state index in [-0.39, 0.29) is 5.91 Å². The second-order valence-corrected chi connectivity index (χ2v) is 5.61. The standard InChI is InChI=1S/C14H17ClN2O4/c15-9-7-11-12(21-6-5-20-11)8-10(9)17-13(18)14(16)1-3-19-4-2-14/h7-8H,1-6,16H2,(H,17,18). The topological polar surface area (TPSA) is 82.8 Å². The number of hydrogen-bond donors (Lipinski definition) is 2. The minimum Gasteiger partial charge on any atom is -0.486 e. The zero-order valence-corrected chi connectivity index (χ0v) is 12.2. The molecule has 0 unspecified atom stereocenters. The number of benzene rings is 1. The molecule has 3 N–H and O–H groups in total. The molecule has 2 heterocycles. The fraction of sp³-hybridized carbons (Fsp3) is 0.500. The van der Waals surface area contributed by atoms with Gasteiger partial charge >= 0.3 is 0 Å². The van der Waals surface area contributed by atoms with Crippen molar-refractivity contribution in [3.8, 4) is 11.5 Å². The number of anilines is 1. The smallest absolute Gasteiger partial charge is 0.244 e. The zero-order chi connectivity index (χ0) is 14.9. The molecule has 6 nitrogen and oxygen atoms in total. The van der Waals surface area contributed by atoms with Crippen molar-refractivity contribution >= 4 is 23.2 Å². The van der Waals surface area contributed by atoms with Crippen molar-refractivity contribution in [1.29, 1.82) is 0 Å². The Morgan fingerprint density at radius 1 is 1.14 bits per heavy atom. The van der Waals surface area contributed by atoms with Gasteiger partial charge in [0.1, 0.15) is 18.8 Å². The van der Waals surface area contributed by atoms with Crippen LogP contribution in [0.15, 0.2) is 12.1 Å². The highest BCUT2D eigenvalue weighted by molar-refractivity contribution is 6.34. The second kappa shape index (κ2) is 5.71. The van der Waals surface area contributed by atoms with E-state index in [4.69, 9.17) is 31.5 Å². The van der Waals surface area contributed by atoms with Crippen LogP contribution in [0.3, 0.4) is 0 Å². The van der Waals surface area contributed by atoms with Crippen LogP contribution in [0, 0.1) is 0 Å². The van der Waals surface area contributed by atoms with E-state index in [1.165, 1.54) is 0 Å². The van der Waals surface area contributed by atoms with Gasteiger partial charge in [-0.3, -0.25) is 4.79 Å². The molecule has 1 saturated heterocycles. The SMILES string of the molecule is NC1(C(=O)Nc2cc3c(cc2Cl)OCCO3)CCOCC1. The highest BCUT2D eigenvalue weighted by Crippen LogP contribution is 2.38. The highest BCUT2D eigenvalue weighted by atomic mass is 35.5. The van der Waals surface area contributed by atoms with Gasteiger partial charge in [-0.1, -0.05) is 11.6 Å². The van der Waals surface area contributed by atoms with Crippen LogP contribution in [0.2, 0.25) is 5.02 Å². The molecular weight excluding hydrogens is 296 g/mol. The Bertz CT molecular complexity index is 558. The van der Waals surface area contributed by atoms with Crippen molar-refractivity contribution in [2.45, 2.75) is 18.4 Å². The number of nitrogens with one attached hydrogen (secondary N) is 1. The molecule has 0 aliphatic carbocycles. The van der Waals surface area contributed by atoms with Crippen LogP contribution in [-0.4, -0.2) is 37.9 Å². The molecule has 0 aromatic heterocycles. The first kappa shape index (κ1) is 14.4. The second-order valence-electron chi connectivity index (χ2n) is 5.20. The van der Waals surface area contributed by atoms with Gasteiger partial charge in [-0.15, -0.1) is 0 Å². The van der Waals surface area contributed by atoms with Gasteiger partial charge in [0.25, 0.3) is 0 Å². The molecule has 0 radical (unpaired) electrons. The van der Waals surface area contributed by atoms with E-state index in [0.29, 0.717) is 61.5 Å². The molecule has 2 aliphatic heterocycles. The number of carbonyl (C=O) groups is 1. The van der Waals surface area contributed by atoms with Crippen LogP contribution in [0.4, 0.5) is 5.69 Å². The largest absolute Gasteiger partial charge is 0.486 e. The molecule has 1 amide bonds. The Balaban J connectivity index is 1.79. The molecule has 3 rings (SSSR count). The van der Waals surface area contributed by atoms with Gasteiger partial charge in [-0.25, -0.2) is 0 Å². The number of hydrogen-bond acceptors (Lipinski definition) is 5. The Morgan fingerprint density at radius 2 is 1.76 bits per heavy atom. The number of halogens is 1. The first-order valence-electron chi connectivity index (χ1n) is 6.86. The third-order valence-corrected chi connectivity index (χ3v) is 4.03. The van der Waals surface area contributed by atoms with Crippen molar-refractivity contribution in [3.05, 3.63) is 17.2 Å². The van der Waals surface area contributed by atoms with Crippen LogP contribution in [-0.2, 0) is 9.53 Å². The Kier molecular flexibility index (Phi) is 3.93. The summed E-state index contributed by atoms with van der Waals surface area (Å²) >= 11 is 6.17. The van der Waals surface area contributed by atoms with E-state index >= 15 is 0 Å². The Morgan fingerprint density at radius 3 is 2.43 bits per heavy atom. The van der Waals surface area contributed by atoms with Crippen molar-refractivity contribution in [1.82, 2.24) is 0 Å². The van der Waals surface area contributed by atoms with Gasteiger partial charge in [-0.05, 0) is 12.8 Å². The molecule has 1 aromatic carbocycles. The minimum absolute atomic E-state index is 0.260. The van der Waals surface area contributed by atoms with Crippen LogP contribution < -0.4 is 20.5 Å². The van der Waals surface area contributed by atoms with Crippen LogP contribution in [0.25, 0.3) is 0 Å². The van der Waals surface area contributed by atoms with E-state index in [0.717, 1.165) is 0 Å². The van der Waals surface area contributed by atoms with Gasteiger partial charge in [0.15, 0.2) is 11.5 Å². The van der Waals surface area contributed by atoms with Crippen LogP contribution in [0.5, 0.6) is 11.5 Å². The summed E-state index contributed by atoms with van der Waals surface area (Å²) in [4.78, 5) is 12.4. The summed E-state index contributed by atoms with van der Waals surface area (Å²) in [6, 6.07) is 3.30. The summed E-state index contributed by atoms with van der Waals surface area (Å²) in [5.41, 5.74) is 5.70. The lowest BCUT2D eigenvalue weighted by molar-refractivity contribution is -0.124. The molecule has 0 bridgehead atoms. The Labute approximate surface area is 127 Å². The minimum atomic E-state index is -0.922. The average Bonchev–Trinajstić information content (AvgIpc) is 2.48. The zero-order valence-electron chi connectivity index (χ0n) is 11.5. The van der Waals surface area contributed by atoms with E-state index in [1.54, 1.807) is 12.1 Å². The van der Waals surface area contributed by atoms with Gasteiger partial charge in [0.05, 0.1) is 10.7 Å². The molecule has 1 fully saturated rings. The maximum absolute atomic E-state index is 12.4. The highest BCUT2D eigenvalue weighted by Gasteiger charge is 2.36. The molecule has 114 valence electrons. The summed E-state index contributed by atoms with van der Waals surface area (Å²) in [5, 5.41) is 3.18. The maximum atomic E-state index is 12.4. The molecule has 0 spiro atoms. The van der Waals surface area contributed by atoms with Crippen LogP contribution in [0.1, 0.15) is 12.8 Å². The summed E-state index contributed by atoms with van der Waals surface area (Å²) in [6.07, 6.45) is 0.974. The normalized spacial score (nSPS) is 19.9. The number of amides is 1. The fourth-order valence-corrected chi connectivity index (χ4v) is 2.57. The molecular formula is C14H17ClN2O4. The summed E-state index contributed by atoms with van der Waals surface area (Å²) < 4.78 is 16.2. The monoisotopic (exact) mass is 312 g/mol. The first-order chi connectivity index (χ1) is 10.1. The fourth-order valence-electron chi connectivity index (χ4n) is 2.37. The molecule has 0 atom stereocenters. The van der Waals surface area contributed by atoms with E-state index in [1.807, 2.05) is 0 Å². The van der Waals surface area contributed by atoms with Crippen molar-refractivity contribution in [2.24, 2.45) is 5.73 Å². The Hall–Kier alpha value is -1.50. The third kappa shape index (κ3) is 2.92. The van der Waals surface area contributed by atoms with Gasteiger partial charge in [0.2, 0.25) is 5.91 Å². The van der Waals surface area contributed by atoms with Crippen molar-refractivity contribution in [2.75, 3.05) is 31.7 Å². The molecule has 1 aromatic rings. The van der Waals surface area contributed by atoms with Gasteiger partial charge in [-0.2, -0.15) is 0 Å². The quantitative estimate of drug-likeness (QED) is 0.866. The van der Waals surface area contributed by atoms with Crippen molar-refractivity contribution in [3.63, 3.8) is 0 Å². The predicted octanol–water partition coefficient (Wildman–Crippen LogP) is 1.56. The number of ether oxygens (including phenoxy) is 3. The number of fused-ring (bicyclic) bond motifs is 1. The van der Waals surface area contributed by atoms with E-state index in [9.17, 15) is 4.79 Å². The van der Waals surface area contributed by atoms with Crippen molar-refractivity contribution < 1.29 is 19.0 Å². The third-order valence-electron chi connectivity index (χ3n) is 3.72. The number of nitrogens with two attached hydrogens (primary N) is 1. The lowest BCUT2D eigenvalue weighted by Crippen LogP contribution is -2.54. The lowest BCUT2D eigenvalue weighted by Gasteiger charge is -2.32.